The molecule has 1 aromatic rings. The highest BCUT2D eigenvalue weighted by molar-refractivity contribution is 5.08. The van der Waals surface area contributed by atoms with E-state index in [2.05, 4.69) is 16.0 Å². The fourth-order valence-electron chi connectivity index (χ4n) is 5.43. The minimum Gasteiger partial charge on any atom is -0.330 e. The first-order chi connectivity index (χ1) is 9.74. The van der Waals surface area contributed by atoms with Crippen LogP contribution in [0.25, 0.3) is 0 Å². The Bertz CT molecular complexity index is 516. The predicted octanol–water partition coefficient (Wildman–Crippen LogP) is 2.06. The van der Waals surface area contributed by atoms with Gasteiger partial charge in [0.15, 0.2) is 0 Å². The lowest BCUT2D eigenvalue weighted by atomic mass is 9.54. The molecule has 0 radical (unpaired) electrons. The average Bonchev–Trinajstić information content (AvgIpc) is 2.76. The van der Waals surface area contributed by atoms with E-state index >= 15 is 0 Å². The van der Waals surface area contributed by atoms with Gasteiger partial charge >= 0.3 is 0 Å². The minimum absolute atomic E-state index is 0.104. The first-order valence-electron chi connectivity index (χ1n) is 8.24. The molecule has 4 aliphatic carbocycles. The molecule has 0 unspecified atom stereocenters. The first kappa shape index (κ1) is 12.7. The summed E-state index contributed by atoms with van der Waals surface area (Å²) in [7, 11) is 0. The standard InChI is InChI=1S/C16H25N3O/c17-3-1-2-12-9-19(18-16(12)20)15-13-5-10-4-11(7-13)8-14(15)6-10/h9-11,13-15H,1-8,17H2,(H,18,20). The average molecular weight is 275 g/mol. The predicted molar refractivity (Wildman–Crippen MR) is 78.5 cm³/mol. The molecule has 0 atom stereocenters. The summed E-state index contributed by atoms with van der Waals surface area (Å²) in [5.41, 5.74) is 6.58. The van der Waals surface area contributed by atoms with Gasteiger partial charge in [0.25, 0.3) is 5.56 Å². The van der Waals surface area contributed by atoms with Crippen LogP contribution in [-0.4, -0.2) is 16.3 Å². The zero-order valence-electron chi connectivity index (χ0n) is 12.1. The van der Waals surface area contributed by atoms with Gasteiger partial charge in [-0.15, -0.1) is 0 Å². The maximum Gasteiger partial charge on any atom is 0.267 e. The van der Waals surface area contributed by atoms with E-state index in [4.69, 9.17) is 5.73 Å². The van der Waals surface area contributed by atoms with E-state index in [0.29, 0.717) is 12.6 Å². The van der Waals surface area contributed by atoms with Gasteiger partial charge in [0.05, 0.1) is 6.04 Å². The van der Waals surface area contributed by atoms with Crippen molar-refractivity contribution in [1.82, 2.24) is 9.78 Å². The molecular formula is C16H25N3O. The Morgan fingerprint density at radius 1 is 1.15 bits per heavy atom. The summed E-state index contributed by atoms with van der Waals surface area (Å²) in [6, 6.07) is 0.558. The highest BCUT2D eigenvalue weighted by Crippen LogP contribution is 2.57. The molecule has 20 heavy (non-hydrogen) atoms. The van der Waals surface area contributed by atoms with Crippen LogP contribution >= 0.6 is 0 Å². The second-order valence-electron chi connectivity index (χ2n) is 7.32. The molecule has 1 heterocycles. The monoisotopic (exact) mass is 275 g/mol. The second kappa shape index (κ2) is 4.76. The molecule has 1 aromatic heterocycles. The lowest BCUT2D eigenvalue weighted by molar-refractivity contribution is -0.0338. The number of hydrogen-bond acceptors (Lipinski definition) is 2. The van der Waals surface area contributed by atoms with Crippen molar-refractivity contribution in [3.8, 4) is 0 Å². The molecule has 4 fully saturated rings. The third kappa shape index (κ3) is 1.96. The van der Waals surface area contributed by atoms with Crippen LogP contribution in [0.15, 0.2) is 11.0 Å². The van der Waals surface area contributed by atoms with Gasteiger partial charge in [-0.3, -0.25) is 14.6 Å². The number of aryl methyl sites for hydroxylation is 1. The van der Waals surface area contributed by atoms with Crippen molar-refractivity contribution in [1.29, 1.82) is 0 Å². The summed E-state index contributed by atoms with van der Waals surface area (Å²) in [4.78, 5) is 12.1. The summed E-state index contributed by atoms with van der Waals surface area (Å²) >= 11 is 0. The first-order valence-corrected chi connectivity index (χ1v) is 8.24. The van der Waals surface area contributed by atoms with Crippen LogP contribution < -0.4 is 11.3 Å². The number of nitrogens with zero attached hydrogens (tertiary/aromatic N) is 1. The minimum atomic E-state index is 0.104. The van der Waals surface area contributed by atoms with E-state index in [0.717, 1.165) is 42.1 Å². The fourth-order valence-corrected chi connectivity index (χ4v) is 5.43. The number of nitrogens with one attached hydrogen (secondary N) is 1. The topological polar surface area (TPSA) is 63.8 Å². The molecule has 4 aliphatic rings. The van der Waals surface area contributed by atoms with Crippen LogP contribution in [0.2, 0.25) is 0 Å². The molecule has 0 aromatic carbocycles. The van der Waals surface area contributed by atoms with Gasteiger partial charge < -0.3 is 5.73 Å². The molecule has 3 N–H and O–H groups in total. The molecule has 4 nitrogen and oxygen atoms in total. The van der Waals surface area contributed by atoms with Crippen LogP contribution in [0.1, 0.15) is 50.1 Å². The molecule has 4 bridgehead atoms. The molecule has 5 rings (SSSR count). The summed E-state index contributed by atoms with van der Waals surface area (Å²) in [6.07, 6.45) is 10.8. The van der Waals surface area contributed by atoms with Gasteiger partial charge in [-0.25, -0.2) is 0 Å². The van der Waals surface area contributed by atoms with Crippen molar-refractivity contribution in [3.05, 3.63) is 22.1 Å². The Labute approximate surface area is 119 Å². The molecule has 0 amide bonds. The van der Waals surface area contributed by atoms with Crippen LogP contribution in [0.3, 0.4) is 0 Å². The highest BCUT2D eigenvalue weighted by Gasteiger charge is 2.49. The van der Waals surface area contributed by atoms with Crippen LogP contribution in [0.5, 0.6) is 0 Å². The Morgan fingerprint density at radius 3 is 2.40 bits per heavy atom. The van der Waals surface area contributed by atoms with Gasteiger partial charge in [-0.05, 0) is 75.2 Å². The lowest BCUT2D eigenvalue weighted by Gasteiger charge is -2.54. The second-order valence-corrected chi connectivity index (χ2v) is 7.32. The van der Waals surface area contributed by atoms with E-state index in [1.54, 1.807) is 0 Å². The smallest absolute Gasteiger partial charge is 0.267 e. The third-order valence-electron chi connectivity index (χ3n) is 5.97. The van der Waals surface area contributed by atoms with Gasteiger partial charge in [0.1, 0.15) is 0 Å². The maximum absolute atomic E-state index is 12.1. The van der Waals surface area contributed by atoms with Gasteiger partial charge in [-0.1, -0.05) is 0 Å². The Morgan fingerprint density at radius 2 is 1.80 bits per heavy atom. The summed E-state index contributed by atoms with van der Waals surface area (Å²) in [6.45, 7) is 0.655. The molecular weight excluding hydrogens is 250 g/mol. The molecule has 0 saturated heterocycles. The Balaban J connectivity index is 1.60. The zero-order valence-corrected chi connectivity index (χ0v) is 12.1. The number of nitrogens with two attached hydrogens (primary N) is 1. The quantitative estimate of drug-likeness (QED) is 0.883. The fraction of sp³-hybridized carbons (Fsp3) is 0.812. The number of aromatic nitrogens is 2. The van der Waals surface area contributed by atoms with Crippen molar-refractivity contribution in [3.63, 3.8) is 0 Å². The molecule has 4 saturated carbocycles. The number of rotatable bonds is 4. The summed E-state index contributed by atoms with van der Waals surface area (Å²) < 4.78 is 2.17. The van der Waals surface area contributed by atoms with E-state index in [9.17, 15) is 4.79 Å². The van der Waals surface area contributed by atoms with E-state index in [1.165, 1.54) is 32.1 Å². The van der Waals surface area contributed by atoms with Gasteiger partial charge in [-0.2, -0.15) is 0 Å². The largest absolute Gasteiger partial charge is 0.330 e. The normalized spacial score (nSPS) is 38.5. The number of H-pyrrole nitrogens is 1. The molecule has 110 valence electrons. The van der Waals surface area contributed by atoms with Crippen molar-refractivity contribution in [2.45, 2.75) is 51.0 Å². The van der Waals surface area contributed by atoms with Crippen LogP contribution in [0.4, 0.5) is 0 Å². The Hall–Kier alpha value is -1.03. The van der Waals surface area contributed by atoms with Gasteiger partial charge in [0, 0.05) is 11.8 Å². The maximum atomic E-state index is 12.1. The van der Waals surface area contributed by atoms with Crippen LogP contribution in [0, 0.1) is 23.7 Å². The zero-order chi connectivity index (χ0) is 13.7. The molecule has 4 heteroatoms. The molecule has 0 spiro atoms. The van der Waals surface area contributed by atoms with Gasteiger partial charge in [0.2, 0.25) is 0 Å². The van der Waals surface area contributed by atoms with Crippen molar-refractivity contribution in [2.24, 2.45) is 29.4 Å². The molecule has 0 aliphatic heterocycles. The van der Waals surface area contributed by atoms with Crippen molar-refractivity contribution in [2.75, 3.05) is 6.54 Å². The highest BCUT2D eigenvalue weighted by atomic mass is 16.1. The lowest BCUT2D eigenvalue weighted by Crippen LogP contribution is -2.46. The number of aromatic amines is 1. The van der Waals surface area contributed by atoms with Crippen molar-refractivity contribution >= 4 is 0 Å². The summed E-state index contributed by atoms with van der Waals surface area (Å²) in [5, 5.41) is 3.10. The van der Waals surface area contributed by atoms with Crippen molar-refractivity contribution < 1.29 is 0 Å². The van der Waals surface area contributed by atoms with E-state index in [1.807, 2.05) is 0 Å². The summed E-state index contributed by atoms with van der Waals surface area (Å²) in [5.74, 6) is 3.56. The van der Waals surface area contributed by atoms with E-state index < -0.39 is 0 Å². The number of hydrogen-bond donors (Lipinski definition) is 2. The van der Waals surface area contributed by atoms with Crippen LogP contribution in [-0.2, 0) is 6.42 Å². The SMILES string of the molecule is NCCCc1cn(C2C3CC4CC(C3)CC2C4)[nH]c1=O. The van der Waals surface area contributed by atoms with E-state index in [-0.39, 0.29) is 5.56 Å². The Kier molecular flexibility index (Phi) is 3.02. The third-order valence-corrected chi connectivity index (χ3v) is 5.97.